The van der Waals surface area contributed by atoms with Crippen LogP contribution in [0.5, 0.6) is 0 Å². The number of benzene rings is 1. The summed E-state index contributed by atoms with van der Waals surface area (Å²) in [6.07, 6.45) is 3.25. The molecule has 0 aliphatic heterocycles. The van der Waals surface area contributed by atoms with Crippen LogP contribution >= 0.6 is 0 Å². The standard InChI is InChI=1S/C15H21FN2OSi/c1-5-12-6-7-14(16)13-10-17-18(15(12)13)11-19-8-9-20(2,3)4/h5-7,10H,1,8-9,11H2,2-4H3. The third-order valence-corrected chi connectivity index (χ3v) is 4.91. The summed E-state index contributed by atoms with van der Waals surface area (Å²) in [4.78, 5) is 0. The van der Waals surface area contributed by atoms with Crippen LogP contribution in [-0.4, -0.2) is 24.5 Å². The Labute approximate surface area is 120 Å². The lowest BCUT2D eigenvalue weighted by Crippen LogP contribution is -2.22. The van der Waals surface area contributed by atoms with Crippen molar-refractivity contribution in [2.24, 2.45) is 0 Å². The lowest BCUT2D eigenvalue weighted by atomic mass is 10.1. The lowest BCUT2D eigenvalue weighted by molar-refractivity contribution is 0.0817. The van der Waals surface area contributed by atoms with Gasteiger partial charge < -0.3 is 4.74 Å². The first kappa shape index (κ1) is 14.9. The van der Waals surface area contributed by atoms with Crippen LogP contribution < -0.4 is 0 Å². The first-order chi connectivity index (χ1) is 9.42. The average molecular weight is 292 g/mol. The quantitative estimate of drug-likeness (QED) is 0.591. The maximum Gasteiger partial charge on any atom is 0.140 e. The van der Waals surface area contributed by atoms with Gasteiger partial charge in [-0.2, -0.15) is 5.10 Å². The molecule has 3 nitrogen and oxygen atoms in total. The van der Waals surface area contributed by atoms with E-state index in [0.717, 1.165) is 23.7 Å². The third-order valence-electron chi connectivity index (χ3n) is 3.21. The molecule has 0 saturated heterocycles. The summed E-state index contributed by atoms with van der Waals surface area (Å²) in [5, 5.41) is 4.72. The van der Waals surface area contributed by atoms with E-state index in [-0.39, 0.29) is 5.82 Å². The molecule has 0 spiro atoms. The second-order valence-corrected chi connectivity index (χ2v) is 11.7. The minimum atomic E-state index is -1.09. The van der Waals surface area contributed by atoms with E-state index in [0.29, 0.717) is 12.1 Å². The number of fused-ring (bicyclic) bond motifs is 1. The molecule has 0 N–H and O–H groups in total. The molecule has 0 bridgehead atoms. The van der Waals surface area contributed by atoms with Crippen molar-refractivity contribution < 1.29 is 9.13 Å². The normalized spacial score (nSPS) is 12.0. The molecule has 0 aliphatic carbocycles. The summed E-state index contributed by atoms with van der Waals surface area (Å²) >= 11 is 0. The summed E-state index contributed by atoms with van der Waals surface area (Å²) < 4.78 is 21.1. The van der Waals surface area contributed by atoms with Gasteiger partial charge in [0.05, 0.1) is 17.1 Å². The van der Waals surface area contributed by atoms with Crippen molar-refractivity contribution in [2.45, 2.75) is 32.4 Å². The Morgan fingerprint density at radius 3 is 2.80 bits per heavy atom. The van der Waals surface area contributed by atoms with Crippen molar-refractivity contribution in [1.82, 2.24) is 9.78 Å². The minimum absolute atomic E-state index is 0.265. The predicted octanol–water partition coefficient (Wildman–Crippen LogP) is 4.13. The summed E-state index contributed by atoms with van der Waals surface area (Å²) in [6.45, 7) is 11.8. The van der Waals surface area contributed by atoms with Crippen LogP contribution in [-0.2, 0) is 11.5 Å². The highest BCUT2D eigenvalue weighted by Gasteiger charge is 2.13. The summed E-state index contributed by atoms with van der Waals surface area (Å²) in [6, 6.07) is 4.26. The summed E-state index contributed by atoms with van der Waals surface area (Å²) in [5.74, 6) is -0.265. The molecule has 0 amide bonds. The second-order valence-electron chi connectivity index (χ2n) is 6.10. The van der Waals surface area contributed by atoms with Gasteiger partial charge in [0, 0.05) is 20.2 Å². The number of hydrogen-bond acceptors (Lipinski definition) is 2. The zero-order valence-corrected chi connectivity index (χ0v) is 13.3. The molecule has 108 valence electrons. The van der Waals surface area contributed by atoms with Gasteiger partial charge in [0.2, 0.25) is 0 Å². The molecule has 0 atom stereocenters. The van der Waals surface area contributed by atoms with Crippen molar-refractivity contribution in [1.29, 1.82) is 0 Å². The van der Waals surface area contributed by atoms with E-state index < -0.39 is 8.07 Å². The fourth-order valence-electron chi connectivity index (χ4n) is 1.99. The molecule has 5 heteroatoms. The molecular formula is C15H21FN2OSi. The molecule has 0 fully saturated rings. The van der Waals surface area contributed by atoms with Crippen LogP contribution in [0.25, 0.3) is 17.0 Å². The van der Waals surface area contributed by atoms with Crippen molar-refractivity contribution in [3.05, 3.63) is 36.3 Å². The summed E-state index contributed by atoms with van der Waals surface area (Å²) in [7, 11) is -1.09. The third kappa shape index (κ3) is 3.35. The van der Waals surface area contributed by atoms with Crippen LogP contribution in [0, 0.1) is 5.82 Å². The van der Waals surface area contributed by atoms with E-state index in [1.807, 2.05) is 0 Å². The fraction of sp³-hybridized carbons (Fsp3) is 0.400. The number of nitrogens with zero attached hydrogens (tertiary/aromatic N) is 2. The molecule has 1 aromatic carbocycles. The van der Waals surface area contributed by atoms with E-state index in [1.54, 1.807) is 23.0 Å². The first-order valence-electron chi connectivity index (χ1n) is 6.76. The van der Waals surface area contributed by atoms with Gasteiger partial charge in [0.15, 0.2) is 0 Å². The zero-order valence-electron chi connectivity index (χ0n) is 12.3. The number of ether oxygens (including phenoxy) is 1. The highest BCUT2D eigenvalue weighted by Crippen LogP contribution is 2.22. The number of halogens is 1. The molecule has 1 heterocycles. The maximum absolute atomic E-state index is 13.7. The van der Waals surface area contributed by atoms with Crippen LogP contribution in [0.15, 0.2) is 24.9 Å². The molecule has 0 radical (unpaired) electrons. The van der Waals surface area contributed by atoms with Gasteiger partial charge in [-0.3, -0.25) is 0 Å². The Balaban J connectivity index is 2.15. The van der Waals surface area contributed by atoms with Gasteiger partial charge >= 0.3 is 0 Å². The Morgan fingerprint density at radius 1 is 1.40 bits per heavy atom. The second kappa shape index (κ2) is 5.89. The Morgan fingerprint density at radius 2 is 2.15 bits per heavy atom. The van der Waals surface area contributed by atoms with Crippen LogP contribution in [0.2, 0.25) is 25.7 Å². The highest BCUT2D eigenvalue weighted by atomic mass is 28.3. The minimum Gasteiger partial charge on any atom is -0.360 e. The Hall–Kier alpha value is -1.46. The number of rotatable bonds is 6. The van der Waals surface area contributed by atoms with Gasteiger partial charge in [-0.15, -0.1) is 0 Å². The average Bonchev–Trinajstić information content (AvgIpc) is 2.79. The molecule has 1 aromatic heterocycles. The number of aromatic nitrogens is 2. The van der Waals surface area contributed by atoms with E-state index in [4.69, 9.17) is 4.74 Å². The Kier molecular flexibility index (Phi) is 4.40. The molecule has 0 unspecified atom stereocenters. The van der Waals surface area contributed by atoms with Gasteiger partial charge in [-0.25, -0.2) is 9.07 Å². The monoisotopic (exact) mass is 292 g/mol. The molecule has 20 heavy (non-hydrogen) atoms. The zero-order chi connectivity index (χ0) is 14.8. The van der Waals surface area contributed by atoms with Crippen molar-refractivity contribution in [3.8, 4) is 0 Å². The van der Waals surface area contributed by atoms with E-state index >= 15 is 0 Å². The van der Waals surface area contributed by atoms with Crippen molar-refractivity contribution in [2.75, 3.05) is 6.61 Å². The van der Waals surface area contributed by atoms with E-state index in [1.165, 1.54) is 6.07 Å². The van der Waals surface area contributed by atoms with E-state index in [9.17, 15) is 4.39 Å². The molecular weight excluding hydrogens is 271 g/mol. The van der Waals surface area contributed by atoms with Crippen LogP contribution in [0.3, 0.4) is 0 Å². The number of hydrogen-bond donors (Lipinski definition) is 0. The van der Waals surface area contributed by atoms with E-state index in [2.05, 4.69) is 31.3 Å². The largest absolute Gasteiger partial charge is 0.360 e. The summed E-state index contributed by atoms with van der Waals surface area (Å²) in [5.41, 5.74) is 1.61. The maximum atomic E-state index is 13.7. The first-order valence-corrected chi connectivity index (χ1v) is 10.5. The van der Waals surface area contributed by atoms with Crippen molar-refractivity contribution >= 4 is 25.1 Å². The van der Waals surface area contributed by atoms with Crippen LogP contribution in [0.1, 0.15) is 5.56 Å². The molecule has 2 aromatic rings. The predicted molar refractivity (Wildman–Crippen MR) is 83.9 cm³/mol. The van der Waals surface area contributed by atoms with Gasteiger partial charge in [0.25, 0.3) is 0 Å². The molecule has 2 rings (SSSR count). The SMILES string of the molecule is C=Cc1ccc(F)c2cnn(COCC[Si](C)(C)C)c12. The topological polar surface area (TPSA) is 27.1 Å². The molecule has 0 aliphatic rings. The Bertz CT molecular complexity index is 616. The smallest absolute Gasteiger partial charge is 0.140 e. The lowest BCUT2D eigenvalue weighted by Gasteiger charge is -2.15. The highest BCUT2D eigenvalue weighted by molar-refractivity contribution is 6.76. The molecule has 0 saturated carbocycles. The van der Waals surface area contributed by atoms with Gasteiger partial charge in [0.1, 0.15) is 12.5 Å². The van der Waals surface area contributed by atoms with Crippen LogP contribution in [0.4, 0.5) is 4.39 Å². The van der Waals surface area contributed by atoms with Crippen molar-refractivity contribution in [3.63, 3.8) is 0 Å². The van der Waals surface area contributed by atoms with Gasteiger partial charge in [-0.1, -0.05) is 32.3 Å². The fourth-order valence-corrected chi connectivity index (χ4v) is 2.74. The van der Waals surface area contributed by atoms with Gasteiger partial charge in [-0.05, 0) is 18.2 Å².